The predicted octanol–water partition coefficient (Wildman–Crippen LogP) is 2.64. The van der Waals surface area contributed by atoms with Gasteiger partial charge in [-0.15, -0.1) is 11.8 Å². The molecule has 4 heterocycles. The number of aryl methyl sites for hydroxylation is 1. The van der Waals surface area contributed by atoms with Crippen molar-refractivity contribution < 1.29 is 19.4 Å². The van der Waals surface area contributed by atoms with E-state index in [0.717, 1.165) is 16.2 Å². The van der Waals surface area contributed by atoms with Gasteiger partial charge in [-0.3, -0.25) is 14.6 Å². The van der Waals surface area contributed by atoms with Crippen LogP contribution in [0.25, 0.3) is 11.0 Å². The van der Waals surface area contributed by atoms with Gasteiger partial charge in [-0.05, 0) is 49.9 Å². The number of rotatable bonds is 6. The first-order valence-electron chi connectivity index (χ1n) is 11.9. The molecule has 2 aliphatic rings. The number of methoxy groups -OCH3 is 1. The summed E-state index contributed by atoms with van der Waals surface area (Å²) in [6, 6.07) is 7.12. The van der Waals surface area contributed by atoms with Gasteiger partial charge in [-0.25, -0.2) is 9.97 Å². The number of aliphatic hydroxyl groups is 1. The van der Waals surface area contributed by atoms with Gasteiger partial charge in [-0.2, -0.15) is 0 Å². The number of aromatic nitrogens is 3. The minimum Gasteiger partial charge on any atom is -0.481 e. The summed E-state index contributed by atoms with van der Waals surface area (Å²) in [6.45, 7) is 2.46. The van der Waals surface area contributed by atoms with Gasteiger partial charge in [0.2, 0.25) is 17.7 Å². The van der Waals surface area contributed by atoms with Crippen LogP contribution < -0.4 is 20.7 Å². The van der Waals surface area contributed by atoms with Crippen LogP contribution in [-0.4, -0.2) is 56.9 Å². The van der Waals surface area contributed by atoms with Crippen molar-refractivity contribution in [2.45, 2.75) is 49.8 Å². The summed E-state index contributed by atoms with van der Waals surface area (Å²) in [6.07, 6.45) is 2.60. The van der Waals surface area contributed by atoms with Crippen LogP contribution in [0.2, 0.25) is 0 Å². The number of nitrogens with one attached hydrogen (secondary N) is 3. The van der Waals surface area contributed by atoms with Gasteiger partial charge in [0.05, 0.1) is 40.8 Å². The summed E-state index contributed by atoms with van der Waals surface area (Å²) in [5.41, 5.74) is 3.64. The number of carbonyl (C=O) groups is 2. The second kappa shape index (κ2) is 10.4. The van der Waals surface area contributed by atoms with Crippen LogP contribution in [-0.2, 0) is 16.1 Å². The molecule has 0 radical (unpaired) electrons. The Morgan fingerprint density at radius 3 is 2.94 bits per heavy atom. The zero-order valence-electron chi connectivity index (χ0n) is 20.1. The fraction of sp³-hybridized carbons (Fsp3) is 0.400. The average molecular weight is 509 g/mol. The predicted molar refractivity (Wildman–Crippen MR) is 137 cm³/mol. The number of aliphatic hydroxyl groups excluding tert-OH is 1. The van der Waals surface area contributed by atoms with Gasteiger partial charge >= 0.3 is 0 Å². The lowest BCUT2D eigenvalue weighted by Crippen LogP contribution is -2.46. The summed E-state index contributed by atoms with van der Waals surface area (Å²) in [5.74, 6) is 0.918. The number of ether oxygens (including phenoxy) is 1. The Hall–Kier alpha value is -3.28. The maximum atomic E-state index is 13.0. The molecule has 1 fully saturated rings. The van der Waals surface area contributed by atoms with Gasteiger partial charge in [0.15, 0.2) is 0 Å². The number of pyridine rings is 3. The van der Waals surface area contributed by atoms with Crippen molar-refractivity contribution in [3.8, 4) is 5.88 Å². The van der Waals surface area contributed by atoms with Gasteiger partial charge in [0.25, 0.3) is 0 Å². The largest absolute Gasteiger partial charge is 0.481 e. The Balaban J connectivity index is 1.20. The number of hydrogen-bond donors (Lipinski definition) is 4. The Labute approximate surface area is 212 Å². The Morgan fingerprint density at radius 1 is 1.28 bits per heavy atom. The van der Waals surface area contributed by atoms with Crippen molar-refractivity contribution in [3.63, 3.8) is 0 Å². The van der Waals surface area contributed by atoms with Gasteiger partial charge < -0.3 is 25.8 Å². The molecule has 2 amide bonds. The molecule has 1 aliphatic heterocycles. The van der Waals surface area contributed by atoms with Crippen LogP contribution in [0.5, 0.6) is 5.88 Å². The van der Waals surface area contributed by atoms with Gasteiger partial charge in [-0.1, -0.05) is 0 Å². The van der Waals surface area contributed by atoms with Gasteiger partial charge in [0, 0.05) is 30.8 Å². The number of hydrogen-bond acceptors (Lipinski definition) is 9. The van der Waals surface area contributed by atoms with E-state index in [1.165, 1.54) is 18.9 Å². The Bertz CT molecular complexity index is 1320. The zero-order chi connectivity index (χ0) is 25.2. The van der Waals surface area contributed by atoms with E-state index in [2.05, 4.69) is 30.9 Å². The smallest absolute Gasteiger partial charge is 0.235 e. The third-order valence-electron chi connectivity index (χ3n) is 6.64. The third kappa shape index (κ3) is 5.13. The first-order chi connectivity index (χ1) is 17.4. The highest BCUT2D eigenvalue weighted by Crippen LogP contribution is 2.32. The van der Waals surface area contributed by atoms with Crippen LogP contribution >= 0.6 is 11.8 Å². The lowest BCUT2D eigenvalue weighted by atomic mass is 9.83. The van der Waals surface area contributed by atoms with Crippen molar-refractivity contribution in [2.24, 2.45) is 5.92 Å². The van der Waals surface area contributed by atoms with Crippen LogP contribution in [0.4, 0.5) is 11.5 Å². The lowest BCUT2D eigenvalue weighted by molar-refractivity contribution is -0.122. The van der Waals surface area contributed by atoms with Crippen LogP contribution in [0.3, 0.4) is 0 Å². The Morgan fingerprint density at radius 2 is 2.14 bits per heavy atom. The van der Waals surface area contributed by atoms with E-state index in [0.29, 0.717) is 60.0 Å². The highest BCUT2D eigenvalue weighted by atomic mass is 32.2. The van der Waals surface area contributed by atoms with E-state index in [1.54, 1.807) is 24.4 Å². The monoisotopic (exact) mass is 508 g/mol. The standard InChI is InChI=1S/C25H28N6O4S/c1-13-9-20-24(30-21(33)12-36-20)28-18(13)11-27-15-4-3-14(10-19(15)32)25(34)29-17-7-8-26-16-5-6-22(35-2)31-23(16)17/h5-9,14-15,19,27,32H,3-4,10-12H2,1-2H3,(H,26,29,34)(H,28,30,33)/t14-,15-,19-/m0/s1. The SMILES string of the molecule is COc1ccc2nccc(NC(=O)[C@H]3CC[C@H](NCc4nc5c(cc4C)SCC(=O)N5)[C@@H](O)C3)c2n1. The van der Waals surface area contributed by atoms with Crippen LogP contribution in [0.1, 0.15) is 30.5 Å². The maximum Gasteiger partial charge on any atom is 0.235 e. The molecule has 1 saturated carbocycles. The molecule has 4 N–H and O–H groups in total. The molecule has 3 atom stereocenters. The van der Waals surface area contributed by atoms with Crippen molar-refractivity contribution in [3.05, 3.63) is 41.7 Å². The van der Waals surface area contributed by atoms with E-state index in [-0.39, 0.29) is 23.8 Å². The molecule has 0 bridgehead atoms. The molecule has 0 aromatic carbocycles. The molecule has 0 unspecified atom stereocenters. The molecule has 36 heavy (non-hydrogen) atoms. The second-order valence-corrected chi connectivity index (χ2v) is 10.1. The molecular formula is C25H28N6O4S. The number of amides is 2. The number of fused-ring (bicyclic) bond motifs is 2. The fourth-order valence-corrected chi connectivity index (χ4v) is 5.48. The molecule has 11 heteroatoms. The summed E-state index contributed by atoms with van der Waals surface area (Å²) in [5, 5.41) is 20.0. The molecule has 188 valence electrons. The number of thioether (sulfide) groups is 1. The Kier molecular flexibility index (Phi) is 7.04. The van der Waals surface area contributed by atoms with E-state index >= 15 is 0 Å². The first kappa shape index (κ1) is 24.4. The van der Waals surface area contributed by atoms with E-state index < -0.39 is 6.10 Å². The van der Waals surface area contributed by atoms with E-state index in [4.69, 9.17) is 4.74 Å². The molecule has 10 nitrogen and oxygen atoms in total. The molecule has 3 aromatic rings. The van der Waals surface area contributed by atoms with Crippen molar-refractivity contribution in [1.82, 2.24) is 20.3 Å². The average Bonchev–Trinajstić information content (AvgIpc) is 2.88. The number of anilines is 2. The molecule has 5 rings (SSSR count). The molecule has 1 aliphatic carbocycles. The first-order valence-corrected chi connectivity index (χ1v) is 12.8. The lowest BCUT2D eigenvalue weighted by Gasteiger charge is -2.33. The fourth-order valence-electron chi connectivity index (χ4n) is 4.62. The third-order valence-corrected chi connectivity index (χ3v) is 7.67. The van der Waals surface area contributed by atoms with Crippen molar-refractivity contribution in [1.29, 1.82) is 0 Å². The number of carbonyl (C=O) groups excluding carboxylic acids is 2. The molecule has 0 saturated heterocycles. The van der Waals surface area contributed by atoms with E-state index in [1.807, 2.05) is 13.0 Å². The summed E-state index contributed by atoms with van der Waals surface area (Å²) in [4.78, 5) is 39.0. The van der Waals surface area contributed by atoms with Gasteiger partial charge in [0.1, 0.15) is 11.3 Å². The van der Waals surface area contributed by atoms with Crippen molar-refractivity contribution >= 4 is 46.1 Å². The highest BCUT2D eigenvalue weighted by molar-refractivity contribution is 8.00. The minimum atomic E-state index is -0.671. The van der Waals surface area contributed by atoms with Crippen molar-refractivity contribution in [2.75, 3.05) is 23.5 Å². The van der Waals surface area contributed by atoms with E-state index in [9.17, 15) is 14.7 Å². The zero-order valence-corrected chi connectivity index (χ0v) is 20.9. The van der Waals surface area contributed by atoms with Crippen LogP contribution in [0.15, 0.2) is 35.4 Å². The molecule has 0 spiro atoms. The number of nitrogens with zero attached hydrogens (tertiary/aromatic N) is 3. The molecular weight excluding hydrogens is 480 g/mol. The maximum absolute atomic E-state index is 13.0. The van der Waals surface area contributed by atoms with Crippen LogP contribution in [0, 0.1) is 12.8 Å². The summed E-state index contributed by atoms with van der Waals surface area (Å²) in [7, 11) is 1.54. The highest BCUT2D eigenvalue weighted by Gasteiger charge is 2.33. The quantitative estimate of drug-likeness (QED) is 0.396. The topological polar surface area (TPSA) is 138 Å². The minimum absolute atomic E-state index is 0.0514. The summed E-state index contributed by atoms with van der Waals surface area (Å²) >= 11 is 1.49. The normalized spacial score (nSPS) is 21.5. The molecule has 3 aromatic heterocycles. The summed E-state index contributed by atoms with van der Waals surface area (Å²) < 4.78 is 5.20. The second-order valence-electron chi connectivity index (χ2n) is 9.07.